The zero-order chi connectivity index (χ0) is 15.2. The number of hydrogen-bond acceptors (Lipinski definition) is 4. The topological polar surface area (TPSA) is 76.1 Å². The summed E-state index contributed by atoms with van der Waals surface area (Å²) < 4.78 is 18.5. The highest BCUT2D eigenvalue weighted by Gasteiger charge is 2.09. The minimum absolute atomic E-state index is 0.0601. The highest BCUT2D eigenvalue weighted by Crippen LogP contribution is 2.13. The van der Waals surface area contributed by atoms with E-state index in [9.17, 15) is 9.18 Å². The first-order valence-electron chi connectivity index (χ1n) is 6.27. The number of ether oxygens (including phenoxy) is 1. The first-order chi connectivity index (χ1) is 10.1. The van der Waals surface area contributed by atoms with Crippen molar-refractivity contribution in [3.8, 4) is 6.07 Å². The predicted octanol–water partition coefficient (Wildman–Crippen LogP) is 2.57. The van der Waals surface area contributed by atoms with E-state index in [-0.39, 0.29) is 18.6 Å². The summed E-state index contributed by atoms with van der Waals surface area (Å²) in [4.78, 5) is 11.7. The second kappa shape index (κ2) is 6.53. The lowest BCUT2D eigenvalue weighted by Gasteiger charge is -2.07. The zero-order valence-corrected chi connectivity index (χ0v) is 11.2. The molecule has 5 heteroatoms. The number of nitrogen functional groups attached to an aromatic ring is 1. The average Bonchev–Trinajstić information content (AvgIpc) is 2.46. The van der Waals surface area contributed by atoms with E-state index in [4.69, 9.17) is 15.7 Å². The predicted molar refractivity (Wildman–Crippen MR) is 75.5 cm³/mol. The summed E-state index contributed by atoms with van der Waals surface area (Å²) in [5, 5.41) is 8.76. The molecule has 0 atom stereocenters. The third-order valence-electron chi connectivity index (χ3n) is 2.86. The van der Waals surface area contributed by atoms with Crippen molar-refractivity contribution >= 4 is 11.7 Å². The molecule has 106 valence electrons. The Hall–Kier alpha value is -2.87. The summed E-state index contributed by atoms with van der Waals surface area (Å²) in [5.74, 6) is -0.992. The Bertz CT molecular complexity index is 708. The van der Waals surface area contributed by atoms with E-state index in [1.807, 2.05) is 6.07 Å². The molecule has 0 unspecified atom stereocenters. The molecular weight excluding hydrogens is 271 g/mol. The van der Waals surface area contributed by atoms with Crippen LogP contribution >= 0.6 is 0 Å². The number of hydrogen-bond donors (Lipinski definition) is 1. The van der Waals surface area contributed by atoms with Gasteiger partial charge in [0.25, 0.3) is 0 Å². The number of anilines is 1. The highest BCUT2D eigenvalue weighted by atomic mass is 19.1. The Balaban J connectivity index is 1.97. The SMILES string of the molecule is N#Cc1ccc(F)c(COC(=O)Cc2cccc(N)c2)c1. The number of nitriles is 1. The number of nitrogens with zero attached hydrogens (tertiary/aromatic N) is 1. The number of carbonyl (C=O) groups is 1. The van der Waals surface area contributed by atoms with Crippen molar-refractivity contribution in [2.24, 2.45) is 0 Å². The van der Waals surface area contributed by atoms with E-state index in [1.54, 1.807) is 24.3 Å². The summed E-state index contributed by atoms with van der Waals surface area (Å²) in [6, 6.07) is 12.7. The van der Waals surface area contributed by atoms with Gasteiger partial charge in [0.05, 0.1) is 18.1 Å². The molecule has 4 nitrogen and oxygen atoms in total. The van der Waals surface area contributed by atoms with Crippen LogP contribution in [0.3, 0.4) is 0 Å². The maximum Gasteiger partial charge on any atom is 0.310 e. The molecule has 0 amide bonds. The molecule has 2 N–H and O–H groups in total. The second-order valence-electron chi connectivity index (χ2n) is 4.50. The van der Waals surface area contributed by atoms with Gasteiger partial charge in [0, 0.05) is 11.3 Å². The van der Waals surface area contributed by atoms with E-state index < -0.39 is 11.8 Å². The minimum Gasteiger partial charge on any atom is -0.460 e. The fourth-order valence-corrected chi connectivity index (χ4v) is 1.83. The molecule has 21 heavy (non-hydrogen) atoms. The van der Waals surface area contributed by atoms with Crippen LogP contribution in [0.5, 0.6) is 0 Å². The number of esters is 1. The van der Waals surface area contributed by atoms with Crippen molar-refractivity contribution in [1.29, 1.82) is 5.26 Å². The lowest BCUT2D eigenvalue weighted by molar-refractivity contribution is -0.144. The lowest BCUT2D eigenvalue weighted by Crippen LogP contribution is -2.09. The highest BCUT2D eigenvalue weighted by molar-refractivity contribution is 5.73. The van der Waals surface area contributed by atoms with Gasteiger partial charge in [0.2, 0.25) is 0 Å². The molecular formula is C16H13FN2O2. The smallest absolute Gasteiger partial charge is 0.310 e. The number of rotatable bonds is 4. The van der Waals surface area contributed by atoms with Gasteiger partial charge in [0.1, 0.15) is 12.4 Å². The number of carbonyl (C=O) groups excluding carboxylic acids is 1. The van der Waals surface area contributed by atoms with Crippen LogP contribution in [-0.2, 0) is 22.6 Å². The van der Waals surface area contributed by atoms with Crippen LogP contribution in [0.2, 0.25) is 0 Å². The van der Waals surface area contributed by atoms with Gasteiger partial charge in [-0.2, -0.15) is 5.26 Å². The van der Waals surface area contributed by atoms with Gasteiger partial charge in [-0.15, -0.1) is 0 Å². The van der Waals surface area contributed by atoms with E-state index >= 15 is 0 Å². The van der Waals surface area contributed by atoms with E-state index in [0.717, 1.165) is 5.56 Å². The summed E-state index contributed by atoms with van der Waals surface area (Å²) in [5.41, 5.74) is 7.40. The van der Waals surface area contributed by atoms with Crippen molar-refractivity contribution in [2.45, 2.75) is 13.0 Å². The molecule has 0 fully saturated rings. The maximum atomic E-state index is 13.5. The first-order valence-corrected chi connectivity index (χ1v) is 6.27. The van der Waals surface area contributed by atoms with Crippen LogP contribution in [0, 0.1) is 17.1 Å². The molecule has 0 spiro atoms. The van der Waals surface area contributed by atoms with Gasteiger partial charge in [-0.1, -0.05) is 12.1 Å². The van der Waals surface area contributed by atoms with Crippen LogP contribution in [0.25, 0.3) is 0 Å². The van der Waals surface area contributed by atoms with Crippen molar-refractivity contribution in [3.63, 3.8) is 0 Å². The largest absolute Gasteiger partial charge is 0.460 e. The molecule has 0 aromatic heterocycles. The van der Waals surface area contributed by atoms with Gasteiger partial charge in [-0.05, 0) is 35.9 Å². The molecule has 0 radical (unpaired) electrons. The second-order valence-corrected chi connectivity index (χ2v) is 4.50. The Morgan fingerprint density at radius 1 is 1.29 bits per heavy atom. The van der Waals surface area contributed by atoms with Gasteiger partial charge >= 0.3 is 5.97 Å². The summed E-state index contributed by atoms with van der Waals surface area (Å²) in [7, 11) is 0. The Morgan fingerprint density at radius 2 is 2.10 bits per heavy atom. The molecule has 2 aromatic rings. The number of benzene rings is 2. The van der Waals surface area contributed by atoms with Gasteiger partial charge in [-0.25, -0.2) is 4.39 Å². The molecule has 0 saturated heterocycles. The van der Waals surface area contributed by atoms with Crippen LogP contribution in [-0.4, -0.2) is 5.97 Å². The summed E-state index contributed by atoms with van der Waals surface area (Å²) >= 11 is 0. The molecule has 2 aromatic carbocycles. The van der Waals surface area contributed by atoms with Crippen molar-refractivity contribution < 1.29 is 13.9 Å². The molecule has 2 rings (SSSR count). The number of halogens is 1. The molecule has 0 aliphatic heterocycles. The van der Waals surface area contributed by atoms with Crippen molar-refractivity contribution in [2.75, 3.05) is 5.73 Å². The number of nitrogens with two attached hydrogens (primary N) is 1. The van der Waals surface area contributed by atoms with Crippen molar-refractivity contribution in [3.05, 3.63) is 65.0 Å². The molecule has 0 aliphatic carbocycles. The fourth-order valence-electron chi connectivity index (χ4n) is 1.83. The van der Waals surface area contributed by atoms with Gasteiger partial charge in [-0.3, -0.25) is 4.79 Å². The van der Waals surface area contributed by atoms with E-state index in [1.165, 1.54) is 18.2 Å². The molecule has 0 aliphatic rings. The molecule has 0 heterocycles. The summed E-state index contributed by atoms with van der Waals surface area (Å²) in [6.45, 7) is -0.206. The normalized spacial score (nSPS) is 9.90. The van der Waals surface area contributed by atoms with Crippen LogP contribution in [0.15, 0.2) is 42.5 Å². The lowest BCUT2D eigenvalue weighted by atomic mass is 10.1. The fraction of sp³-hybridized carbons (Fsp3) is 0.125. The van der Waals surface area contributed by atoms with Crippen molar-refractivity contribution in [1.82, 2.24) is 0 Å². The third-order valence-corrected chi connectivity index (χ3v) is 2.86. The standard InChI is InChI=1S/C16H13FN2O2/c17-15-5-4-12(9-18)6-13(15)10-21-16(20)8-11-2-1-3-14(19)7-11/h1-7H,8,10,19H2. The van der Waals surface area contributed by atoms with Crippen LogP contribution in [0.4, 0.5) is 10.1 Å². The Kier molecular flexibility index (Phi) is 4.52. The van der Waals surface area contributed by atoms with Gasteiger partial charge in [0.15, 0.2) is 0 Å². The third kappa shape index (κ3) is 4.05. The summed E-state index contributed by atoms with van der Waals surface area (Å²) in [6.07, 6.45) is 0.0601. The zero-order valence-electron chi connectivity index (χ0n) is 11.2. The van der Waals surface area contributed by atoms with Crippen LogP contribution in [0.1, 0.15) is 16.7 Å². The van der Waals surface area contributed by atoms with E-state index in [0.29, 0.717) is 11.3 Å². The first kappa shape index (κ1) is 14.5. The molecule has 0 bridgehead atoms. The Labute approximate surface area is 121 Å². The van der Waals surface area contributed by atoms with Gasteiger partial charge < -0.3 is 10.5 Å². The monoisotopic (exact) mass is 284 g/mol. The van der Waals surface area contributed by atoms with Crippen LogP contribution < -0.4 is 5.73 Å². The molecule has 0 saturated carbocycles. The Morgan fingerprint density at radius 3 is 2.81 bits per heavy atom. The average molecular weight is 284 g/mol. The minimum atomic E-state index is -0.509. The van der Waals surface area contributed by atoms with E-state index in [2.05, 4.69) is 0 Å². The quantitative estimate of drug-likeness (QED) is 0.691. The maximum absolute atomic E-state index is 13.5.